The van der Waals surface area contributed by atoms with Crippen molar-refractivity contribution in [3.8, 4) is 5.75 Å². The first-order valence-electron chi connectivity index (χ1n) is 5.17. The molecule has 0 spiro atoms. The van der Waals surface area contributed by atoms with E-state index in [0.29, 0.717) is 17.8 Å². The summed E-state index contributed by atoms with van der Waals surface area (Å²) in [5, 5.41) is 8.88. The minimum Gasteiger partial charge on any atom is -0.494 e. The fourth-order valence-corrected chi connectivity index (χ4v) is 1.61. The summed E-state index contributed by atoms with van der Waals surface area (Å²) in [7, 11) is 1.43. The van der Waals surface area contributed by atoms with Crippen LogP contribution >= 0.6 is 0 Å². The van der Waals surface area contributed by atoms with E-state index >= 15 is 0 Å². The molecule has 0 aliphatic carbocycles. The van der Waals surface area contributed by atoms with E-state index < -0.39 is 0 Å². The van der Waals surface area contributed by atoms with Gasteiger partial charge in [-0.3, -0.25) is 0 Å². The molecule has 0 bridgehead atoms. The van der Waals surface area contributed by atoms with E-state index in [4.69, 9.17) is 9.84 Å². The number of nitrogens with zero attached hydrogens (tertiary/aromatic N) is 2. The summed E-state index contributed by atoms with van der Waals surface area (Å²) in [5.41, 5.74) is 1.08. The molecule has 0 amide bonds. The summed E-state index contributed by atoms with van der Waals surface area (Å²) in [4.78, 5) is 3.96. The molecule has 4 nitrogen and oxygen atoms in total. The molecule has 90 valence electrons. The van der Waals surface area contributed by atoms with E-state index in [1.807, 2.05) is 0 Å². The molecule has 1 N–H and O–H groups in total. The number of rotatable bonds is 4. The van der Waals surface area contributed by atoms with Gasteiger partial charge in [-0.1, -0.05) is 12.1 Å². The van der Waals surface area contributed by atoms with Crippen molar-refractivity contribution in [2.24, 2.45) is 0 Å². The average molecular weight is 236 g/mol. The van der Waals surface area contributed by atoms with Crippen LogP contribution in [0.15, 0.2) is 30.7 Å². The predicted molar refractivity (Wildman–Crippen MR) is 60.2 cm³/mol. The van der Waals surface area contributed by atoms with Crippen molar-refractivity contribution >= 4 is 0 Å². The first-order valence-corrected chi connectivity index (χ1v) is 5.17. The SMILES string of the molecule is COc1cccc(Cn2cnc(CO)c2)c1F. The molecule has 0 atom stereocenters. The van der Waals surface area contributed by atoms with Crippen LogP contribution in [0, 0.1) is 5.82 Å². The Kier molecular flexibility index (Phi) is 3.39. The van der Waals surface area contributed by atoms with Crippen molar-refractivity contribution in [1.29, 1.82) is 0 Å². The lowest BCUT2D eigenvalue weighted by atomic mass is 10.2. The van der Waals surface area contributed by atoms with Gasteiger partial charge >= 0.3 is 0 Å². The second-order valence-electron chi connectivity index (χ2n) is 3.63. The lowest BCUT2D eigenvalue weighted by Gasteiger charge is -2.07. The lowest BCUT2D eigenvalue weighted by molar-refractivity contribution is 0.277. The van der Waals surface area contributed by atoms with E-state index in [1.165, 1.54) is 7.11 Å². The van der Waals surface area contributed by atoms with Crippen molar-refractivity contribution in [3.63, 3.8) is 0 Å². The third-order valence-corrected chi connectivity index (χ3v) is 2.46. The number of hydrogen-bond donors (Lipinski definition) is 1. The Balaban J connectivity index is 2.23. The van der Waals surface area contributed by atoms with E-state index in [-0.39, 0.29) is 18.2 Å². The minimum atomic E-state index is -0.366. The van der Waals surface area contributed by atoms with Crippen LogP contribution in [0.1, 0.15) is 11.3 Å². The van der Waals surface area contributed by atoms with Crippen LogP contribution < -0.4 is 4.74 Å². The minimum absolute atomic E-state index is 0.117. The van der Waals surface area contributed by atoms with Gasteiger partial charge in [-0.25, -0.2) is 9.37 Å². The largest absolute Gasteiger partial charge is 0.494 e. The molecule has 1 heterocycles. The van der Waals surface area contributed by atoms with Gasteiger partial charge in [0.2, 0.25) is 0 Å². The van der Waals surface area contributed by atoms with Gasteiger partial charge in [0.1, 0.15) is 0 Å². The predicted octanol–water partition coefficient (Wildman–Crippen LogP) is 1.57. The standard InChI is InChI=1S/C12H13FN2O2/c1-17-11-4-2-3-9(12(11)13)5-15-6-10(7-16)14-8-15/h2-4,6,8,16H,5,7H2,1H3. The number of methoxy groups -OCH3 is 1. The molecule has 5 heteroatoms. The van der Waals surface area contributed by atoms with E-state index in [1.54, 1.807) is 35.3 Å². The molecule has 2 aromatic rings. The van der Waals surface area contributed by atoms with Crippen LogP contribution in [-0.4, -0.2) is 21.8 Å². The summed E-state index contributed by atoms with van der Waals surface area (Å²) in [6, 6.07) is 5.00. The van der Waals surface area contributed by atoms with Crippen LogP contribution in [0.5, 0.6) is 5.75 Å². The van der Waals surface area contributed by atoms with Gasteiger partial charge in [-0.05, 0) is 6.07 Å². The topological polar surface area (TPSA) is 47.3 Å². The smallest absolute Gasteiger partial charge is 0.170 e. The Morgan fingerprint density at radius 1 is 1.47 bits per heavy atom. The van der Waals surface area contributed by atoms with Crippen LogP contribution in [0.3, 0.4) is 0 Å². The van der Waals surface area contributed by atoms with Gasteiger partial charge in [0.05, 0.1) is 32.3 Å². The fraction of sp³-hybridized carbons (Fsp3) is 0.250. The zero-order valence-electron chi connectivity index (χ0n) is 9.43. The second-order valence-corrected chi connectivity index (χ2v) is 3.63. The van der Waals surface area contributed by atoms with Crippen LogP contribution in [-0.2, 0) is 13.2 Å². The molecule has 1 aromatic carbocycles. The Morgan fingerprint density at radius 2 is 2.29 bits per heavy atom. The fourth-order valence-electron chi connectivity index (χ4n) is 1.61. The van der Waals surface area contributed by atoms with Gasteiger partial charge < -0.3 is 14.4 Å². The molecule has 0 saturated carbocycles. The Labute approximate surface area is 98.3 Å². The number of imidazole rings is 1. The molecule has 0 aliphatic heterocycles. The first-order chi connectivity index (χ1) is 8.24. The first kappa shape index (κ1) is 11.6. The maximum Gasteiger partial charge on any atom is 0.170 e. The molecule has 0 saturated heterocycles. The monoisotopic (exact) mass is 236 g/mol. The number of benzene rings is 1. The van der Waals surface area contributed by atoms with Crippen molar-refractivity contribution < 1.29 is 14.2 Å². The van der Waals surface area contributed by atoms with Crippen molar-refractivity contribution in [3.05, 3.63) is 47.8 Å². The summed E-state index contributed by atoms with van der Waals surface area (Å²) in [6.07, 6.45) is 3.24. The summed E-state index contributed by atoms with van der Waals surface area (Å²) >= 11 is 0. The maximum atomic E-state index is 13.8. The van der Waals surface area contributed by atoms with E-state index in [2.05, 4.69) is 4.98 Å². The highest BCUT2D eigenvalue weighted by Gasteiger charge is 2.08. The Hall–Kier alpha value is -1.88. The van der Waals surface area contributed by atoms with Crippen molar-refractivity contribution in [2.45, 2.75) is 13.2 Å². The zero-order chi connectivity index (χ0) is 12.3. The van der Waals surface area contributed by atoms with Crippen LogP contribution in [0.4, 0.5) is 4.39 Å². The molecule has 2 rings (SSSR count). The molecule has 17 heavy (non-hydrogen) atoms. The quantitative estimate of drug-likeness (QED) is 0.876. The summed E-state index contributed by atoms with van der Waals surface area (Å²) in [6.45, 7) is 0.240. The van der Waals surface area contributed by atoms with Crippen molar-refractivity contribution in [2.75, 3.05) is 7.11 Å². The average Bonchev–Trinajstić information content (AvgIpc) is 2.79. The molecule has 0 fully saturated rings. The normalized spacial score (nSPS) is 10.5. The zero-order valence-corrected chi connectivity index (χ0v) is 9.43. The Bertz CT molecular complexity index is 511. The highest BCUT2D eigenvalue weighted by Crippen LogP contribution is 2.20. The summed E-state index contributed by atoms with van der Waals surface area (Å²) < 4.78 is 20.5. The van der Waals surface area contributed by atoms with Crippen molar-refractivity contribution in [1.82, 2.24) is 9.55 Å². The van der Waals surface area contributed by atoms with Gasteiger partial charge in [0.15, 0.2) is 11.6 Å². The van der Waals surface area contributed by atoms with E-state index in [9.17, 15) is 4.39 Å². The van der Waals surface area contributed by atoms with E-state index in [0.717, 1.165) is 0 Å². The highest BCUT2D eigenvalue weighted by molar-refractivity contribution is 5.31. The Morgan fingerprint density at radius 3 is 2.94 bits per heavy atom. The second kappa shape index (κ2) is 4.97. The molecule has 0 radical (unpaired) electrons. The molecule has 0 unspecified atom stereocenters. The summed E-state index contributed by atoms with van der Waals surface area (Å²) in [5.74, 6) is -0.140. The van der Waals surface area contributed by atoms with Gasteiger partial charge in [0, 0.05) is 11.8 Å². The third-order valence-electron chi connectivity index (χ3n) is 2.46. The number of aliphatic hydroxyl groups excluding tert-OH is 1. The number of halogens is 1. The van der Waals surface area contributed by atoms with Gasteiger partial charge in [0.25, 0.3) is 0 Å². The lowest BCUT2D eigenvalue weighted by Crippen LogP contribution is -2.01. The molecular formula is C12H13FN2O2. The van der Waals surface area contributed by atoms with Crippen LogP contribution in [0.2, 0.25) is 0 Å². The molecule has 0 aliphatic rings. The number of hydrogen-bond acceptors (Lipinski definition) is 3. The number of aromatic nitrogens is 2. The number of aliphatic hydroxyl groups is 1. The number of ether oxygens (including phenoxy) is 1. The third kappa shape index (κ3) is 2.45. The van der Waals surface area contributed by atoms with Gasteiger partial charge in [-0.15, -0.1) is 0 Å². The highest BCUT2D eigenvalue weighted by atomic mass is 19.1. The molecule has 1 aromatic heterocycles. The molecular weight excluding hydrogens is 223 g/mol. The maximum absolute atomic E-state index is 13.8. The van der Waals surface area contributed by atoms with Crippen LogP contribution in [0.25, 0.3) is 0 Å². The van der Waals surface area contributed by atoms with Gasteiger partial charge in [-0.2, -0.15) is 0 Å².